The topological polar surface area (TPSA) is 75.7 Å². The number of nitrogens with one attached hydrogen (secondary N) is 1. The largest absolute Gasteiger partial charge is 0.490 e. The number of carbonyl (C=O) groups is 3. The molecule has 3 amide bonds. The van der Waals surface area contributed by atoms with Crippen LogP contribution in [0.15, 0.2) is 48.5 Å². The monoisotopic (exact) mass is 410 g/mol. The lowest BCUT2D eigenvalue weighted by Gasteiger charge is -2.14. The number of anilines is 1. The summed E-state index contributed by atoms with van der Waals surface area (Å²) in [6.45, 7) is 0.251. The number of nitrogens with zero attached hydrogens (tertiary/aromatic N) is 1. The molecule has 1 heterocycles. The summed E-state index contributed by atoms with van der Waals surface area (Å²) >= 11 is 1.02. The second-order valence-electron chi connectivity index (χ2n) is 7.23. The number of benzene rings is 2. The minimum absolute atomic E-state index is 0.169. The van der Waals surface area contributed by atoms with Crippen molar-refractivity contribution in [3.63, 3.8) is 0 Å². The Kier molecular flexibility index (Phi) is 5.85. The van der Waals surface area contributed by atoms with Gasteiger partial charge >= 0.3 is 0 Å². The van der Waals surface area contributed by atoms with Gasteiger partial charge in [-0.15, -0.1) is 0 Å². The first-order chi connectivity index (χ1) is 14.1. The Balaban J connectivity index is 1.33. The highest BCUT2D eigenvalue weighted by atomic mass is 32.2. The van der Waals surface area contributed by atoms with Crippen LogP contribution in [0, 0.1) is 0 Å². The van der Waals surface area contributed by atoms with Crippen molar-refractivity contribution in [2.45, 2.75) is 38.3 Å². The number of hydrogen-bond donors (Lipinski definition) is 1. The minimum Gasteiger partial charge on any atom is -0.490 e. The van der Waals surface area contributed by atoms with E-state index in [4.69, 9.17) is 4.74 Å². The molecule has 29 heavy (non-hydrogen) atoms. The third-order valence-electron chi connectivity index (χ3n) is 5.11. The van der Waals surface area contributed by atoms with Crippen LogP contribution in [0.4, 0.5) is 10.5 Å². The summed E-state index contributed by atoms with van der Waals surface area (Å²) in [5, 5.41) is 2.64. The van der Waals surface area contributed by atoms with E-state index in [-0.39, 0.29) is 35.5 Å². The van der Waals surface area contributed by atoms with E-state index in [2.05, 4.69) is 5.32 Å². The molecule has 0 unspecified atom stereocenters. The molecule has 150 valence electrons. The number of amides is 3. The zero-order chi connectivity index (χ0) is 20.2. The van der Waals surface area contributed by atoms with Crippen LogP contribution < -0.4 is 10.1 Å². The quantitative estimate of drug-likeness (QED) is 0.761. The Bertz CT molecular complexity index is 889. The van der Waals surface area contributed by atoms with Gasteiger partial charge in [0.1, 0.15) is 5.75 Å². The molecular weight excluding hydrogens is 388 g/mol. The maximum Gasteiger partial charge on any atom is 0.289 e. The molecule has 6 nitrogen and oxygen atoms in total. The average molecular weight is 410 g/mol. The third kappa shape index (κ3) is 4.79. The van der Waals surface area contributed by atoms with Gasteiger partial charge in [0.2, 0.25) is 5.91 Å². The van der Waals surface area contributed by atoms with Crippen molar-refractivity contribution < 1.29 is 19.1 Å². The molecule has 0 spiro atoms. The zero-order valence-corrected chi connectivity index (χ0v) is 16.7. The average Bonchev–Trinajstić information content (AvgIpc) is 3.35. The molecule has 1 aliphatic carbocycles. The van der Waals surface area contributed by atoms with Gasteiger partial charge in [0, 0.05) is 11.3 Å². The summed E-state index contributed by atoms with van der Waals surface area (Å²) in [4.78, 5) is 37.1. The van der Waals surface area contributed by atoms with Crippen molar-refractivity contribution in [3.8, 4) is 5.75 Å². The number of carbonyl (C=O) groups excluding carboxylic acids is 3. The molecule has 1 saturated carbocycles. The molecule has 2 aromatic carbocycles. The van der Waals surface area contributed by atoms with E-state index in [1.807, 2.05) is 12.1 Å². The molecule has 0 radical (unpaired) electrons. The van der Waals surface area contributed by atoms with Crippen LogP contribution in [-0.2, 0) is 11.3 Å². The summed E-state index contributed by atoms with van der Waals surface area (Å²) in [5.41, 5.74) is 2.04. The Morgan fingerprint density at radius 1 is 1.03 bits per heavy atom. The van der Waals surface area contributed by atoms with Crippen LogP contribution >= 0.6 is 11.8 Å². The lowest BCUT2D eigenvalue weighted by atomic mass is 10.1. The third-order valence-corrected chi connectivity index (χ3v) is 5.97. The van der Waals surface area contributed by atoms with E-state index in [9.17, 15) is 14.4 Å². The highest BCUT2D eigenvalue weighted by Crippen LogP contribution is 2.25. The summed E-state index contributed by atoms with van der Waals surface area (Å²) in [7, 11) is 0. The standard InChI is InChI=1S/C22H22N2O4S/c25-20-14-29-22(27)24(20)13-15-5-9-17(10-6-15)23-21(26)16-7-11-19(12-8-16)28-18-3-1-2-4-18/h5-12,18H,1-4,13-14H2,(H,23,26). The van der Waals surface area contributed by atoms with Crippen molar-refractivity contribution in [1.82, 2.24) is 4.90 Å². The number of hydrogen-bond acceptors (Lipinski definition) is 5. The number of imide groups is 1. The van der Waals surface area contributed by atoms with Gasteiger partial charge in [-0.2, -0.15) is 0 Å². The van der Waals surface area contributed by atoms with Gasteiger partial charge in [0.25, 0.3) is 11.1 Å². The van der Waals surface area contributed by atoms with Crippen LogP contribution in [0.3, 0.4) is 0 Å². The Morgan fingerprint density at radius 2 is 1.72 bits per heavy atom. The van der Waals surface area contributed by atoms with E-state index in [0.717, 1.165) is 35.9 Å². The summed E-state index contributed by atoms with van der Waals surface area (Å²) < 4.78 is 5.93. The van der Waals surface area contributed by atoms with Crippen LogP contribution in [-0.4, -0.2) is 33.8 Å². The van der Waals surface area contributed by atoms with E-state index in [0.29, 0.717) is 11.3 Å². The van der Waals surface area contributed by atoms with Gasteiger partial charge in [-0.25, -0.2) is 0 Å². The van der Waals surface area contributed by atoms with Gasteiger partial charge in [0.05, 0.1) is 18.4 Å². The fourth-order valence-corrected chi connectivity index (χ4v) is 4.22. The molecule has 1 aliphatic heterocycles. The predicted molar refractivity (Wildman–Crippen MR) is 112 cm³/mol. The SMILES string of the molecule is O=C(Nc1ccc(CN2C(=O)CSC2=O)cc1)c1ccc(OC2CCCC2)cc1. The smallest absolute Gasteiger partial charge is 0.289 e. The van der Waals surface area contributed by atoms with Gasteiger partial charge < -0.3 is 10.1 Å². The van der Waals surface area contributed by atoms with Crippen LogP contribution in [0.5, 0.6) is 5.75 Å². The highest BCUT2D eigenvalue weighted by molar-refractivity contribution is 8.14. The maximum atomic E-state index is 12.5. The fraction of sp³-hybridized carbons (Fsp3) is 0.318. The number of thioether (sulfide) groups is 1. The molecule has 1 N–H and O–H groups in total. The van der Waals surface area contributed by atoms with Crippen molar-refractivity contribution in [1.29, 1.82) is 0 Å². The molecule has 7 heteroatoms. The maximum absolute atomic E-state index is 12.5. The van der Waals surface area contributed by atoms with Gasteiger partial charge in [-0.05, 0) is 67.6 Å². The Labute approximate surface area is 173 Å². The molecule has 4 rings (SSSR count). The van der Waals surface area contributed by atoms with Crippen molar-refractivity contribution >= 4 is 34.5 Å². The molecule has 0 aromatic heterocycles. The Morgan fingerprint density at radius 3 is 2.34 bits per heavy atom. The summed E-state index contributed by atoms with van der Waals surface area (Å²) in [6.07, 6.45) is 4.91. The van der Waals surface area contributed by atoms with E-state index in [1.54, 1.807) is 36.4 Å². The normalized spacial score (nSPS) is 17.0. The Hall–Kier alpha value is -2.80. The molecule has 1 saturated heterocycles. The van der Waals surface area contributed by atoms with Crippen LogP contribution in [0.2, 0.25) is 0 Å². The molecule has 2 fully saturated rings. The van der Waals surface area contributed by atoms with Gasteiger partial charge in [-0.3, -0.25) is 19.3 Å². The number of ether oxygens (including phenoxy) is 1. The molecule has 0 atom stereocenters. The van der Waals surface area contributed by atoms with Gasteiger partial charge in [-0.1, -0.05) is 23.9 Å². The molecule has 2 aliphatic rings. The van der Waals surface area contributed by atoms with Crippen LogP contribution in [0.25, 0.3) is 0 Å². The lowest BCUT2D eigenvalue weighted by Crippen LogP contribution is -2.27. The second-order valence-corrected chi connectivity index (χ2v) is 8.16. The van der Waals surface area contributed by atoms with Crippen molar-refractivity contribution in [3.05, 3.63) is 59.7 Å². The van der Waals surface area contributed by atoms with Gasteiger partial charge in [0.15, 0.2) is 0 Å². The van der Waals surface area contributed by atoms with Crippen molar-refractivity contribution in [2.24, 2.45) is 0 Å². The first kappa shape index (κ1) is 19.5. The predicted octanol–water partition coefficient (Wildman–Crippen LogP) is 4.46. The number of rotatable bonds is 6. The zero-order valence-electron chi connectivity index (χ0n) is 15.9. The van der Waals surface area contributed by atoms with E-state index >= 15 is 0 Å². The van der Waals surface area contributed by atoms with Crippen LogP contribution in [0.1, 0.15) is 41.6 Å². The highest BCUT2D eigenvalue weighted by Gasteiger charge is 2.29. The van der Waals surface area contributed by atoms with Crippen molar-refractivity contribution in [2.75, 3.05) is 11.1 Å². The summed E-state index contributed by atoms with van der Waals surface area (Å²) in [5.74, 6) is 0.628. The lowest BCUT2D eigenvalue weighted by molar-refractivity contribution is -0.125. The molecule has 0 bridgehead atoms. The first-order valence-corrected chi connectivity index (χ1v) is 10.7. The minimum atomic E-state index is -0.215. The second kappa shape index (κ2) is 8.69. The summed E-state index contributed by atoms with van der Waals surface area (Å²) in [6, 6.07) is 14.3. The molecular formula is C22H22N2O4S. The van der Waals surface area contributed by atoms with E-state index in [1.165, 1.54) is 17.7 Å². The van der Waals surface area contributed by atoms with E-state index < -0.39 is 0 Å². The fourth-order valence-electron chi connectivity index (χ4n) is 3.50. The molecule has 2 aromatic rings. The first-order valence-electron chi connectivity index (χ1n) is 9.72.